The molecule has 3 aromatic rings. The monoisotopic (exact) mass is 371 g/mol. The molecule has 5 heteroatoms. The highest BCUT2D eigenvalue weighted by molar-refractivity contribution is 5.81. The third-order valence-electron chi connectivity index (χ3n) is 5.65. The van der Waals surface area contributed by atoms with Gasteiger partial charge in [-0.25, -0.2) is 4.79 Å². The van der Waals surface area contributed by atoms with Crippen molar-refractivity contribution in [2.24, 2.45) is 0 Å². The smallest absolute Gasteiger partial charge is 0.410 e. The Kier molecular flexibility index (Phi) is 4.28. The summed E-state index contributed by atoms with van der Waals surface area (Å²) in [6.45, 7) is 0.315. The first-order valence-corrected chi connectivity index (χ1v) is 9.69. The largest absolute Gasteiger partial charge is 0.445 e. The molecule has 2 aromatic carbocycles. The molecule has 2 unspecified atom stereocenters. The highest BCUT2D eigenvalue weighted by atomic mass is 16.6. The maximum Gasteiger partial charge on any atom is 0.410 e. The Morgan fingerprint density at radius 2 is 1.86 bits per heavy atom. The molecule has 0 spiro atoms. The number of carbonyl (C=O) groups excluding carboxylic acids is 1. The molecule has 2 aliphatic heterocycles. The highest BCUT2D eigenvalue weighted by Crippen LogP contribution is 2.39. The Balaban J connectivity index is 1.34. The van der Waals surface area contributed by atoms with Gasteiger partial charge in [-0.3, -0.25) is 14.9 Å². The summed E-state index contributed by atoms with van der Waals surface area (Å²) in [5, 5.41) is 0. The summed E-state index contributed by atoms with van der Waals surface area (Å²) in [4.78, 5) is 23.4. The van der Waals surface area contributed by atoms with Crippen molar-refractivity contribution in [3.63, 3.8) is 0 Å². The molecule has 2 aliphatic rings. The van der Waals surface area contributed by atoms with Gasteiger partial charge in [0.05, 0.1) is 17.1 Å². The number of fused-ring (bicyclic) bond motifs is 3. The molecule has 0 saturated carbocycles. The topological polar surface area (TPSA) is 55.3 Å². The molecule has 0 aliphatic carbocycles. The van der Waals surface area contributed by atoms with E-state index in [1.54, 1.807) is 12.4 Å². The third-order valence-corrected chi connectivity index (χ3v) is 5.65. The van der Waals surface area contributed by atoms with Crippen LogP contribution in [-0.2, 0) is 11.3 Å². The average Bonchev–Trinajstić information content (AvgIpc) is 3.02. The zero-order valence-electron chi connectivity index (χ0n) is 15.5. The predicted octanol–water partition coefficient (Wildman–Crippen LogP) is 4.59. The van der Waals surface area contributed by atoms with E-state index in [1.165, 1.54) is 11.1 Å². The minimum absolute atomic E-state index is 0.106. The van der Waals surface area contributed by atoms with Crippen molar-refractivity contribution in [3.05, 3.63) is 78.1 Å². The van der Waals surface area contributed by atoms with Gasteiger partial charge in [-0.2, -0.15) is 0 Å². The molecule has 0 radical (unpaired) electrons. The molecule has 140 valence electrons. The molecule has 1 fully saturated rings. The van der Waals surface area contributed by atoms with E-state index in [4.69, 9.17) is 4.74 Å². The number of aromatic nitrogens is 2. The van der Waals surface area contributed by atoms with Gasteiger partial charge in [-0.05, 0) is 48.1 Å². The van der Waals surface area contributed by atoms with Crippen molar-refractivity contribution in [2.45, 2.75) is 38.0 Å². The summed E-state index contributed by atoms with van der Waals surface area (Å²) >= 11 is 0. The van der Waals surface area contributed by atoms with E-state index >= 15 is 0 Å². The van der Waals surface area contributed by atoms with Crippen molar-refractivity contribution < 1.29 is 9.53 Å². The van der Waals surface area contributed by atoms with Gasteiger partial charge >= 0.3 is 6.09 Å². The van der Waals surface area contributed by atoms with E-state index in [2.05, 4.69) is 28.2 Å². The lowest BCUT2D eigenvalue weighted by molar-refractivity contribution is 0.0832. The van der Waals surface area contributed by atoms with Crippen LogP contribution in [0.25, 0.3) is 16.6 Å². The molecule has 0 N–H and O–H groups in total. The molecule has 28 heavy (non-hydrogen) atoms. The summed E-state index contributed by atoms with van der Waals surface area (Å²) in [6.07, 6.45) is 8.29. The van der Waals surface area contributed by atoms with Crippen molar-refractivity contribution in [3.8, 4) is 0 Å². The Morgan fingerprint density at radius 1 is 1.04 bits per heavy atom. The fourth-order valence-electron chi connectivity index (χ4n) is 4.29. The zero-order chi connectivity index (χ0) is 18.9. The Morgan fingerprint density at radius 3 is 2.68 bits per heavy atom. The van der Waals surface area contributed by atoms with Crippen LogP contribution in [-0.4, -0.2) is 33.0 Å². The predicted molar refractivity (Wildman–Crippen MR) is 107 cm³/mol. The second-order valence-corrected chi connectivity index (χ2v) is 7.40. The molecule has 5 nitrogen and oxygen atoms in total. The van der Waals surface area contributed by atoms with Crippen LogP contribution in [0.3, 0.4) is 0 Å². The van der Waals surface area contributed by atoms with E-state index in [0.29, 0.717) is 6.61 Å². The van der Waals surface area contributed by atoms with Crippen molar-refractivity contribution in [1.82, 2.24) is 14.9 Å². The fourth-order valence-corrected chi connectivity index (χ4v) is 4.29. The molecular weight excluding hydrogens is 350 g/mol. The minimum Gasteiger partial charge on any atom is -0.445 e. The van der Waals surface area contributed by atoms with Crippen molar-refractivity contribution in [2.75, 3.05) is 0 Å². The van der Waals surface area contributed by atoms with E-state index in [1.807, 2.05) is 41.3 Å². The lowest BCUT2D eigenvalue weighted by Crippen LogP contribution is -2.43. The van der Waals surface area contributed by atoms with E-state index in [0.717, 1.165) is 35.9 Å². The van der Waals surface area contributed by atoms with Crippen LogP contribution in [0.1, 0.15) is 30.4 Å². The minimum atomic E-state index is -0.212. The van der Waals surface area contributed by atoms with Crippen LogP contribution in [0.5, 0.6) is 0 Å². The van der Waals surface area contributed by atoms with Crippen LogP contribution >= 0.6 is 0 Å². The first kappa shape index (κ1) is 16.9. The van der Waals surface area contributed by atoms with Gasteiger partial charge in [0.15, 0.2) is 0 Å². The Bertz CT molecular complexity index is 1050. The Hall–Kier alpha value is -3.21. The molecule has 1 aromatic heterocycles. The quantitative estimate of drug-likeness (QED) is 0.676. The number of amides is 1. The van der Waals surface area contributed by atoms with Crippen LogP contribution < -0.4 is 0 Å². The number of rotatable bonds is 3. The van der Waals surface area contributed by atoms with Crippen LogP contribution in [0.15, 0.2) is 67.0 Å². The van der Waals surface area contributed by atoms with E-state index in [9.17, 15) is 4.79 Å². The molecule has 2 atom stereocenters. The molecule has 2 bridgehead atoms. The number of ether oxygens (including phenoxy) is 1. The van der Waals surface area contributed by atoms with Gasteiger partial charge in [0.2, 0.25) is 0 Å². The summed E-state index contributed by atoms with van der Waals surface area (Å²) < 4.78 is 5.59. The zero-order valence-corrected chi connectivity index (χ0v) is 15.5. The summed E-state index contributed by atoms with van der Waals surface area (Å²) in [6, 6.07) is 16.3. The SMILES string of the molecule is O=C(OCc1ccccc1)N1C2C=C(c3ccc4nccnc4c3)CC1CC2. The molecule has 1 amide bonds. The molecular formula is C23H21N3O2. The van der Waals surface area contributed by atoms with Crippen LogP contribution in [0, 0.1) is 0 Å². The third kappa shape index (κ3) is 3.13. The van der Waals surface area contributed by atoms with Gasteiger partial charge < -0.3 is 4.74 Å². The van der Waals surface area contributed by atoms with Gasteiger partial charge in [0.25, 0.3) is 0 Å². The number of nitrogens with zero attached hydrogens (tertiary/aromatic N) is 3. The van der Waals surface area contributed by atoms with Crippen LogP contribution in [0.2, 0.25) is 0 Å². The molecule has 1 saturated heterocycles. The number of hydrogen-bond acceptors (Lipinski definition) is 4. The summed E-state index contributed by atoms with van der Waals surface area (Å²) in [5.41, 5.74) is 5.26. The van der Waals surface area contributed by atoms with Crippen molar-refractivity contribution >= 4 is 22.7 Å². The first-order chi connectivity index (χ1) is 13.8. The molecule has 3 heterocycles. The average molecular weight is 371 g/mol. The van der Waals surface area contributed by atoms with Gasteiger partial charge in [-0.15, -0.1) is 0 Å². The Labute approximate surface area is 163 Å². The lowest BCUT2D eigenvalue weighted by atomic mass is 9.94. The van der Waals surface area contributed by atoms with Crippen LogP contribution in [0.4, 0.5) is 4.79 Å². The normalized spacial score (nSPS) is 20.9. The summed E-state index contributed by atoms with van der Waals surface area (Å²) in [5.74, 6) is 0. The first-order valence-electron chi connectivity index (χ1n) is 9.69. The summed E-state index contributed by atoms with van der Waals surface area (Å²) in [7, 11) is 0. The number of carbonyl (C=O) groups is 1. The second-order valence-electron chi connectivity index (χ2n) is 7.40. The second kappa shape index (κ2) is 7.08. The van der Waals surface area contributed by atoms with E-state index in [-0.39, 0.29) is 18.2 Å². The highest BCUT2D eigenvalue weighted by Gasteiger charge is 2.40. The van der Waals surface area contributed by atoms with E-state index < -0.39 is 0 Å². The van der Waals surface area contributed by atoms with Gasteiger partial charge in [0, 0.05) is 18.4 Å². The number of benzene rings is 2. The fraction of sp³-hybridized carbons (Fsp3) is 0.261. The maximum atomic E-state index is 12.7. The lowest BCUT2D eigenvalue weighted by Gasteiger charge is -2.33. The maximum absolute atomic E-state index is 12.7. The van der Waals surface area contributed by atoms with Gasteiger partial charge in [-0.1, -0.05) is 42.5 Å². The van der Waals surface area contributed by atoms with Crippen molar-refractivity contribution in [1.29, 1.82) is 0 Å². The van der Waals surface area contributed by atoms with Gasteiger partial charge in [0.1, 0.15) is 6.61 Å². The number of hydrogen-bond donors (Lipinski definition) is 0. The molecule has 5 rings (SSSR count). The standard InChI is InChI=1S/C23H21N3O2/c27-23(28-15-16-4-2-1-3-5-16)26-19-7-8-20(26)13-18(12-19)17-6-9-21-22(14-17)25-11-10-24-21/h1-6,9-12,14,19-20H,7-8,13,15H2.